The van der Waals surface area contributed by atoms with Gasteiger partial charge in [-0.3, -0.25) is 14.4 Å². The van der Waals surface area contributed by atoms with E-state index in [2.05, 4.69) is 4.98 Å². The van der Waals surface area contributed by atoms with Crippen LogP contribution in [0.15, 0.2) is 47.5 Å². The molecule has 4 rings (SSSR count). The van der Waals surface area contributed by atoms with Crippen molar-refractivity contribution in [1.82, 2.24) is 9.55 Å². The van der Waals surface area contributed by atoms with E-state index in [-0.39, 0.29) is 0 Å². The number of hydrogen-bond acceptors (Lipinski definition) is 3. The summed E-state index contributed by atoms with van der Waals surface area (Å²) in [6.07, 6.45) is 0.824. The maximum atomic E-state index is 11.6. The summed E-state index contributed by atoms with van der Waals surface area (Å²) in [6, 6.07) is 13.1. The molecule has 4 nitrogen and oxygen atoms in total. The van der Waals surface area contributed by atoms with E-state index >= 15 is 0 Å². The van der Waals surface area contributed by atoms with Gasteiger partial charge in [-0.1, -0.05) is 41.4 Å². The highest BCUT2D eigenvalue weighted by molar-refractivity contribution is 6.36. The summed E-state index contributed by atoms with van der Waals surface area (Å²) in [5.74, 6) is 0.713. The molecule has 0 saturated heterocycles. The van der Waals surface area contributed by atoms with Crippen LogP contribution in [0.1, 0.15) is 33.1 Å². The third-order valence-corrected chi connectivity index (χ3v) is 4.80. The largest absolute Gasteiger partial charge is 0.296 e. The summed E-state index contributed by atoms with van der Waals surface area (Å²) >= 11 is 12.6. The molecule has 0 radical (unpaired) electrons. The molecule has 1 aliphatic rings. The number of fused-ring (bicyclic) bond motifs is 3. The van der Waals surface area contributed by atoms with Crippen molar-refractivity contribution in [2.24, 2.45) is 4.99 Å². The molecule has 1 aliphatic heterocycles. The van der Waals surface area contributed by atoms with Gasteiger partial charge in [0.15, 0.2) is 6.29 Å². The Morgan fingerprint density at radius 3 is 2.68 bits per heavy atom. The summed E-state index contributed by atoms with van der Waals surface area (Å²) in [7, 11) is 0. The fourth-order valence-electron chi connectivity index (χ4n) is 3.13. The van der Waals surface area contributed by atoms with Gasteiger partial charge < -0.3 is 0 Å². The Morgan fingerprint density at radius 2 is 1.92 bits per heavy atom. The van der Waals surface area contributed by atoms with Gasteiger partial charge in [0.25, 0.3) is 0 Å². The van der Waals surface area contributed by atoms with E-state index in [4.69, 9.17) is 28.2 Å². The van der Waals surface area contributed by atoms with Crippen LogP contribution < -0.4 is 0 Å². The first-order valence-electron chi connectivity index (χ1n) is 7.73. The molecule has 0 N–H and O–H groups in total. The number of rotatable bonds is 2. The fraction of sp³-hybridized carbons (Fsp3) is 0.105. The lowest BCUT2D eigenvalue weighted by atomic mass is 10.00. The Hall–Kier alpha value is -2.43. The van der Waals surface area contributed by atoms with E-state index in [0.717, 1.165) is 28.8 Å². The zero-order chi connectivity index (χ0) is 17.6. The van der Waals surface area contributed by atoms with Crippen LogP contribution in [0.25, 0.3) is 5.69 Å². The van der Waals surface area contributed by atoms with Crippen LogP contribution in [0.3, 0.4) is 0 Å². The van der Waals surface area contributed by atoms with Crippen molar-refractivity contribution in [3.05, 3.63) is 80.8 Å². The SMILES string of the molecule is Cc1nc2n(c1C=O)-c1ccc(Cl)cc1C(c1ccccc1Cl)=NC2. The van der Waals surface area contributed by atoms with Crippen LogP contribution in [0.5, 0.6) is 0 Å². The minimum atomic E-state index is 0.349. The normalized spacial score (nSPS) is 12.8. The molecular formula is C19H13Cl2N3O. The predicted molar refractivity (Wildman–Crippen MR) is 99.5 cm³/mol. The molecule has 0 atom stereocenters. The Bertz CT molecular complexity index is 1040. The van der Waals surface area contributed by atoms with Crippen molar-refractivity contribution in [2.45, 2.75) is 13.5 Å². The Balaban J connectivity index is 2.04. The number of carbonyl (C=O) groups excluding carboxylic acids is 1. The van der Waals surface area contributed by atoms with Gasteiger partial charge in [-0.2, -0.15) is 0 Å². The summed E-state index contributed by atoms with van der Waals surface area (Å²) in [4.78, 5) is 20.9. The smallest absolute Gasteiger partial charge is 0.168 e. The van der Waals surface area contributed by atoms with Gasteiger partial charge in [-0.25, -0.2) is 4.98 Å². The number of aliphatic imine (C=N–C) groups is 1. The standard InChI is InChI=1S/C19H13Cl2N3O/c1-11-17(10-25)24-16-7-6-12(20)8-14(16)19(22-9-18(24)23-11)13-4-2-3-5-15(13)21/h2-8,10H,9H2,1H3. The topological polar surface area (TPSA) is 47.2 Å². The van der Waals surface area contributed by atoms with Crippen molar-refractivity contribution in [2.75, 3.05) is 0 Å². The summed E-state index contributed by atoms with van der Waals surface area (Å²) in [5.41, 5.74) is 4.40. The number of aryl methyl sites for hydroxylation is 1. The van der Waals surface area contributed by atoms with Gasteiger partial charge in [0, 0.05) is 21.2 Å². The average molecular weight is 370 g/mol. The second kappa shape index (κ2) is 6.14. The molecule has 124 valence electrons. The highest BCUT2D eigenvalue weighted by Gasteiger charge is 2.24. The molecule has 6 heteroatoms. The Labute approximate surface area is 154 Å². The monoisotopic (exact) mass is 369 g/mol. The number of hydrogen-bond donors (Lipinski definition) is 0. The second-order valence-corrected chi connectivity index (χ2v) is 6.60. The fourth-order valence-corrected chi connectivity index (χ4v) is 3.52. The van der Waals surface area contributed by atoms with Crippen molar-refractivity contribution in [3.8, 4) is 5.69 Å². The molecule has 1 aromatic heterocycles. The van der Waals surface area contributed by atoms with Crippen LogP contribution in [0, 0.1) is 6.92 Å². The molecule has 25 heavy (non-hydrogen) atoms. The summed E-state index contributed by atoms with van der Waals surface area (Å²) in [6.45, 7) is 2.17. The Morgan fingerprint density at radius 1 is 1.12 bits per heavy atom. The highest BCUT2D eigenvalue weighted by atomic mass is 35.5. The third-order valence-electron chi connectivity index (χ3n) is 4.24. The average Bonchev–Trinajstić information content (AvgIpc) is 2.84. The van der Waals surface area contributed by atoms with Gasteiger partial charge in [-0.15, -0.1) is 0 Å². The van der Waals surface area contributed by atoms with Gasteiger partial charge in [0.1, 0.15) is 11.5 Å². The lowest BCUT2D eigenvalue weighted by molar-refractivity contribution is 0.111. The molecule has 0 unspecified atom stereocenters. The van der Waals surface area contributed by atoms with Gasteiger partial charge in [0.2, 0.25) is 0 Å². The van der Waals surface area contributed by atoms with Crippen LogP contribution in [-0.2, 0) is 6.54 Å². The van der Waals surface area contributed by atoms with Gasteiger partial charge in [-0.05, 0) is 31.2 Å². The molecule has 0 saturated carbocycles. The van der Waals surface area contributed by atoms with E-state index in [1.807, 2.05) is 47.9 Å². The second-order valence-electron chi connectivity index (χ2n) is 5.76. The first-order valence-corrected chi connectivity index (χ1v) is 8.49. The number of carbonyl (C=O) groups is 1. The summed E-state index contributed by atoms with van der Waals surface area (Å²) in [5, 5.41) is 1.20. The number of aldehydes is 1. The van der Waals surface area contributed by atoms with E-state index in [1.54, 1.807) is 6.07 Å². The lowest BCUT2D eigenvalue weighted by Crippen LogP contribution is -2.09. The maximum Gasteiger partial charge on any atom is 0.168 e. The summed E-state index contributed by atoms with van der Waals surface area (Å²) < 4.78 is 1.85. The minimum Gasteiger partial charge on any atom is -0.296 e. The van der Waals surface area contributed by atoms with E-state index in [0.29, 0.717) is 33.8 Å². The van der Waals surface area contributed by atoms with Crippen molar-refractivity contribution in [1.29, 1.82) is 0 Å². The minimum absolute atomic E-state index is 0.349. The van der Waals surface area contributed by atoms with Crippen molar-refractivity contribution >= 4 is 35.2 Å². The molecule has 0 amide bonds. The zero-order valence-electron chi connectivity index (χ0n) is 13.3. The number of halogens is 2. The molecule has 0 aliphatic carbocycles. The molecule has 0 fully saturated rings. The van der Waals surface area contributed by atoms with Crippen LogP contribution in [0.2, 0.25) is 10.0 Å². The van der Waals surface area contributed by atoms with E-state index in [1.165, 1.54) is 0 Å². The quantitative estimate of drug-likeness (QED) is 0.617. The van der Waals surface area contributed by atoms with Gasteiger partial charge in [0.05, 0.1) is 23.6 Å². The maximum absolute atomic E-state index is 11.6. The molecule has 2 heterocycles. The van der Waals surface area contributed by atoms with Crippen LogP contribution >= 0.6 is 23.2 Å². The van der Waals surface area contributed by atoms with E-state index < -0.39 is 0 Å². The van der Waals surface area contributed by atoms with Crippen LogP contribution in [-0.4, -0.2) is 21.5 Å². The first-order chi connectivity index (χ1) is 12.1. The molecule has 0 bridgehead atoms. The van der Waals surface area contributed by atoms with Crippen molar-refractivity contribution < 1.29 is 4.79 Å². The number of imidazole rings is 1. The highest BCUT2D eigenvalue weighted by Crippen LogP contribution is 2.31. The van der Waals surface area contributed by atoms with Crippen molar-refractivity contribution in [3.63, 3.8) is 0 Å². The predicted octanol–water partition coefficient (Wildman–Crippen LogP) is 4.65. The van der Waals surface area contributed by atoms with E-state index in [9.17, 15) is 4.79 Å². The third kappa shape index (κ3) is 2.58. The number of benzene rings is 2. The van der Waals surface area contributed by atoms with Crippen LogP contribution in [0.4, 0.5) is 0 Å². The first kappa shape index (κ1) is 16.1. The molecule has 2 aromatic carbocycles. The Kier molecular flexibility index (Phi) is 3.94. The van der Waals surface area contributed by atoms with Gasteiger partial charge >= 0.3 is 0 Å². The molecule has 3 aromatic rings. The lowest BCUT2D eigenvalue weighted by Gasteiger charge is -2.14. The molecular weight excluding hydrogens is 357 g/mol. The number of nitrogens with zero attached hydrogens (tertiary/aromatic N) is 3. The zero-order valence-corrected chi connectivity index (χ0v) is 14.8. The molecule has 0 spiro atoms. The number of aromatic nitrogens is 2.